The molecule has 1 aromatic heterocycles. The third-order valence-corrected chi connectivity index (χ3v) is 3.06. The monoisotopic (exact) mass is 191 g/mol. The molecule has 1 unspecified atom stereocenters. The van der Waals surface area contributed by atoms with E-state index in [9.17, 15) is 0 Å². The summed E-state index contributed by atoms with van der Waals surface area (Å²) in [5.41, 5.74) is 6.98. The van der Waals surface area contributed by atoms with Crippen LogP contribution < -0.4 is 5.73 Å². The fourth-order valence-electron chi connectivity index (χ4n) is 1.80. The minimum atomic E-state index is 0.371. The molecule has 1 heterocycles. The second-order valence-corrected chi connectivity index (χ2v) is 4.05. The summed E-state index contributed by atoms with van der Waals surface area (Å²) in [6, 6.07) is 5.13. The van der Waals surface area contributed by atoms with E-state index in [4.69, 9.17) is 5.73 Å². The first-order chi connectivity index (χ1) is 6.70. The van der Waals surface area contributed by atoms with Gasteiger partial charge in [0.25, 0.3) is 0 Å². The number of nitrogen functional groups attached to an aromatic ring is 1. The molecule has 0 saturated heterocycles. The van der Waals surface area contributed by atoms with Crippen molar-refractivity contribution in [2.75, 3.05) is 12.8 Å². The molecule has 3 heteroatoms. The van der Waals surface area contributed by atoms with Gasteiger partial charge in [0.15, 0.2) is 0 Å². The second kappa shape index (κ2) is 3.58. The van der Waals surface area contributed by atoms with E-state index in [0.717, 1.165) is 11.6 Å². The second-order valence-electron chi connectivity index (χ2n) is 4.05. The lowest BCUT2D eigenvalue weighted by molar-refractivity contribution is 0.251. The summed E-state index contributed by atoms with van der Waals surface area (Å²) >= 11 is 0. The van der Waals surface area contributed by atoms with Crippen LogP contribution in [0, 0.1) is 0 Å². The van der Waals surface area contributed by atoms with Crippen molar-refractivity contribution in [1.29, 1.82) is 0 Å². The number of rotatable bonds is 3. The zero-order valence-corrected chi connectivity index (χ0v) is 8.77. The standard InChI is InChI=1S/C11H17N3/c1-8(14(2)9-5-6-9)10-4-3-7-13-11(10)12/h3-4,7-9H,5-6H2,1-2H3,(H2,12,13). The van der Waals surface area contributed by atoms with Gasteiger partial charge in [0.05, 0.1) is 0 Å². The Labute approximate surface area is 84.9 Å². The largest absolute Gasteiger partial charge is 0.383 e. The number of nitrogens with zero attached hydrogens (tertiary/aromatic N) is 2. The van der Waals surface area contributed by atoms with Gasteiger partial charge in [-0.25, -0.2) is 4.98 Å². The van der Waals surface area contributed by atoms with E-state index in [1.54, 1.807) is 6.20 Å². The SMILES string of the molecule is CC(c1cccnc1N)N(C)C1CC1. The Morgan fingerprint density at radius 1 is 1.57 bits per heavy atom. The summed E-state index contributed by atoms with van der Waals surface area (Å²) < 4.78 is 0. The van der Waals surface area contributed by atoms with Gasteiger partial charge < -0.3 is 5.73 Å². The van der Waals surface area contributed by atoms with E-state index < -0.39 is 0 Å². The van der Waals surface area contributed by atoms with Crippen molar-refractivity contribution in [3.8, 4) is 0 Å². The molecule has 1 saturated carbocycles. The lowest BCUT2D eigenvalue weighted by Crippen LogP contribution is -2.25. The molecule has 1 aromatic rings. The van der Waals surface area contributed by atoms with Crippen molar-refractivity contribution in [1.82, 2.24) is 9.88 Å². The van der Waals surface area contributed by atoms with Gasteiger partial charge in [0, 0.05) is 23.8 Å². The quantitative estimate of drug-likeness (QED) is 0.792. The number of hydrogen-bond acceptors (Lipinski definition) is 3. The molecule has 1 aliphatic carbocycles. The Hall–Kier alpha value is -1.09. The van der Waals surface area contributed by atoms with Gasteiger partial charge in [-0.05, 0) is 32.9 Å². The van der Waals surface area contributed by atoms with E-state index in [-0.39, 0.29) is 0 Å². The van der Waals surface area contributed by atoms with E-state index in [1.165, 1.54) is 12.8 Å². The molecule has 0 bridgehead atoms. The summed E-state index contributed by atoms with van der Waals surface area (Å²) in [5.74, 6) is 0.660. The molecular weight excluding hydrogens is 174 g/mol. The normalized spacial score (nSPS) is 18.5. The van der Waals surface area contributed by atoms with Crippen molar-refractivity contribution in [3.63, 3.8) is 0 Å². The first-order valence-electron chi connectivity index (χ1n) is 5.12. The smallest absolute Gasteiger partial charge is 0.128 e. The van der Waals surface area contributed by atoms with Gasteiger partial charge >= 0.3 is 0 Å². The molecule has 1 atom stereocenters. The summed E-state index contributed by atoms with van der Waals surface area (Å²) in [4.78, 5) is 6.50. The maximum Gasteiger partial charge on any atom is 0.128 e. The van der Waals surface area contributed by atoms with Crippen LogP contribution in [-0.4, -0.2) is 23.0 Å². The van der Waals surface area contributed by atoms with Crippen molar-refractivity contribution in [2.45, 2.75) is 31.8 Å². The average molecular weight is 191 g/mol. The number of aromatic nitrogens is 1. The van der Waals surface area contributed by atoms with Crippen LogP contribution >= 0.6 is 0 Å². The van der Waals surface area contributed by atoms with Crippen LogP contribution in [0.1, 0.15) is 31.4 Å². The third kappa shape index (κ3) is 1.73. The third-order valence-electron chi connectivity index (χ3n) is 3.06. The Kier molecular flexibility index (Phi) is 2.42. The van der Waals surface area contributed by atoms with Gasteiger partial charge in [-0.15, -0.1) is 0 Å². The highest BCUT2D eigenvalue weighted by atomic mass is 15.2. The molecule has 2 rings (SSSR count). The molecule has 0 amide bonds. The maximum atomic E-state index is 5.84. The number of anilines is 1. The number of nitrogens with two attached hydrogens (primary N) is 1. The Bertz CT molecular complexity index is 320. The molecule has 1 aliphatic rings. The topological polar surface area (TPSA) is 42.1 Å². The highest BCUT2D eigenvalue weighted by molar-refractivity contribution is 5.40. The molecule has 0 spiro atoms. The van der Waals surface area contributed by atoms with E-state index in [0.29, 0.717) is 11.9 Å². The summed E-state index contributed by atoms with van der Waals surface area (Å²) in [6.45, 7) is 2.19. The summed E-state index contributed by atoms with van der Waals surface area (Å²) in [6.07, 6.45) is 4.38. The Morgan fingerprint density at radius 2 is 2.29 bits per heavy atom. The van der Waals surface area contributed by atoms with E-state index in [1.807, 2.05) is 6.07 Å². The highest BCUT2D eigenvalue weighted by Crippen LogP contribution is 2.33. The van der Waals surface area contributed by atoms with Crippen molar-refractivity contribution in [3.05, 3.63) is 23.9 Å². The van der Waals surface area contributed by atoms with Gasteiger partial charge in [-0.1, -0.05) is 6.07 Å². The van der Waals surface area contributed by atoms with E-state index in [2.05, 4.69) is 29.9 Å². The molecule has 3 nitrogen and oxygen atoms in total. The molecule has 2 N–H and O–H groups in total. The molecule has 0 radical (unpaired) electrons. The predicted molar refractivity (Wildman–Crippen MR) is 57.8 cm³/mol. The summed E-state index contributed by atoms with van der Waals surface area (Å²) in [7, 11) is 2.16. The first kappa shape index (κ1) is 9.46. The fourth-order valence-corrected chi connectivity index (χ4v) is 1.80. The van der Waals surface area contributed by atoms with E-state index >= 15 is 0 Å². The molecule has 0 aromatic carbocycles. The lowest BCUT2D eigenvalue weighted by Gasteiger charge is -2.25. The molecular formula is C11H17N3. The van der Waals surface area contributed by atoms with Crippen molar-refractivity contribution >= 4 is 5.82 Å². The molecule has 76 valence electrons. The number of pyridine rings is 1. The van der Waals surface area contributed by atoms with Gasteiger partial charge in [0.2, 0.25) is 0 Å². The van der Waals surface area contributed by atoms with Crippen molar-refractivity contribution in [2.24, 2.45) is 0 Å². The predicted octanol–water partition coefficient (Wildman–Crippen LogP) is 1.82. The van der Waals surface area contributed by atoms with Crippen LogP contribution in [0.2, 0.25) is 0 Å². The van der Waals surface area contributed by atoms with Crippen LogP contribution in [0.4, 0.5) is 5.82 Å². The van der Waals surface area contributed by atoms with Crippen LogP contribution in [0.3, 0.4) is 0 Å². The van der Waals surface area contributed by atoms with Crippen LogP contribution in [0.25, 0.3) is 0 Å². The van der Waals surface area contributed by atoms with Gasteiger partial charge in [-0.3, -0.25) is 4.90 Å². The maximum absolute atomic E-state index is 5.84. The Balaban J connectivity index is 2.17. The highest BCUT2D eigenvalue weighted by Gasteiger charge is 2.30. The minimum Gasteiger partial charge on any atom is -0.383 e. The molecule has 14 heavy (non-hydrogen) atoms. The Morgan fingerprint density at radius 3 is 2.86 bits per heavy atom. The molecule has 1 fully saturated rings. The lowest BCUT2D eigenvalue weighted by atomic mass is 10.1. The van der Waals surface area contributed by atoms with Crippen molar-refractivity contribution < 1.29 is 0 Å². The minimum absolute atomic E-state index is 0.371. The molecule has 0 aliphatic heterocycles. The number of hydrogen-bond donors (Lipinski definition) is 1. The van der Waals surface area contributed by atoms with Gasteiger partial charge in [0.1, 0.15) is 5.82 Å². The summed E-state index contributed by atoms with van der Waals surface area (Å²) in [5, 5.41) is 0. The fraction of sp³-hybridized carbons (Fsp3) is 0.545. The van der Waals surface area contributed by atoms with Crippen LogP contribution in [0.15, 0.2) is 18.3 Å². The first-order valence-corrected chi connectivity index (χ1v) is 5.12. The van der Waals surface area contributed by atoms with Crippen LogP contribution in [0.5, 0.6) is 0 Å². The van der Waals surface area contributed by atoms with Crippen LogP contribution in [-0.2, 0) is 0 Å². The average Bonchev–Trinajstić information content (AvgIpc) is 3.00. The zero-order chi connectivity index (χ0) is 10.1. The van der Waals surface area contributed by atoms with Gasteiger partial charge in [-0.2, -0.15) is 0 Å². The zero-order valence-electron chi connectivity index (χ0n) is 8.77.